The Morgan fingerprint density at radius 2 is 1.88 bits per heavy atom. The molecule has 1 aromatic carbocycles. The lowest BCUT2D eigenvalue weighted by Crippen LogP contribution is -2.75. The zero-order chi connectivity index (χ0) is 24.8. The van der Waals surface area contributed by atoms with E-state index in [1.807, 2.05) is 50.4 Å². The maximum atomic E-state index is 13.0. The van der Waals surface area contributed by atoms with Crippen molar-refractivity contribution in [3.8, 4) is 11.3 Å². The molecule has 10 heteroatoms. The first kappa shape index (κ1) is 28.9. The van der Waals surface area contributed by atoms with E-state index in [1.165, 1.54) is 23.5 Å². The molecule has 0 aliphatic heterocycles. The number of furan rings is 1. The lowest BCUT2D eigenvalue weighted by Gasteiger charge is -2.25. The lowest BCUT2D eigenvalue weighted by molar-refractivity contribution is -0.830. The average Bonchev–Trinajstić information content (AvgIpc) is 3.30. The van der Waals surface area contributed by atoms with Gasteiger partial charge in [-0.15, -0.1) is 11.8 Å². The number of thiocarbonyl (C=S) groups is 1. The molecular weight excluding hydrogens is 480 g/mol. The second kappa shape index (κ2) is 15.7. The highest BCUT2D eigenvalue weighted by Crippen LogP contribution is 2.27. The maximum absolute atomic E-state index is 13.0. The van der Waals surface area contributed by atoms with Gasteiger partial charge in [-0.25, -0.2) is 9.63 Å². The minimum absolute atomic E-state index is 0.304. The molecule has 2 aromatic rings. The summed E-state index contributed by atoms with van der Waals surface area (Å²) in [6.45, 7) is 4.00. The highest BCUT2D eigenvalue weighted by Gasteiger charge is 2.29. The van der Waals surface area contributed by atoms with Crippen LogP contribution in [0, 0.1) is 0 Å². The number of hydrogen-bond acceptors (Lipinski definition) is 7. The number of rotatable bonds is 12. The van der Waals surface area contributed by atoms with Gasteiger partial charge in [0.25, 0.3) is 5.91 Å². The van der Waals surface area contributed by atoms with Crippen molar-refractivity contribution in [2.75, 3.05) is 25.4 Å². The second-order valence-corrected chi connectivity index (χ2v) is 8.39. The molecule has 0 fully saturated rings. The van der Waals surface area contributed by atoms with Crippen LogP contribution < -0.4 is 5.48 Å². The number of carboxylic acid groups (broad SMARTS) is 1. The number of amides is 1. The molecule has 0 saturated heterocycles. The van der Waals surface area contributed by atoms with Crippen molar-refractivity contribution in [1.82, 2.24) is 4.90 Å². The quantitative estimate of drug-likeness (QED) is 0.187. The average molecular weight is 512 g/mol. The molecule has 3 N–H and O–H groups in total. The molecule has 1 aromatic heterocycles. The van der Waals surface area contributed by atoms with E-state index < -0.39 is 17.9 Å². The lowest BCUT2D eigenvalue weighted by atomic mass is 10.1. The summed E-state index contributed by atoms with van der Waals surface area (Å²) in [5.41, 5.74) is 4.57. The van der Waals surface area contributed by atoms with Crippen LogP contribution in [0.1, 0.15) is 26.0 Å². The number of nitrogens with zero attached hydrogens (tertiary/aromatic N) is 1. The normalized spacial score (nSPS) is 11.8. The van der Waals surface area contributed by atoms with E-state index >= 15 is 0 Å². The van der Waals surface area contributed by atoms with Gasteiger partial charge in [-0.1, -0.05) is 26.1 Å². The number of quaternary nitrogens is 1. The van der Waals surface area contributed by atoms with Crippen molar-refractivity contribution >= 4 is 64.9 Å². The predicted octanol–water partition coefficient (Wildman–Crippen LogP) is 4.43. The molecule has 1 atom stereocenters. The largest absolute Gasteiger partial charge is 0.480 e. The Bertz CT molecular complexity index is 928. The molecule has 0 bridgehead atoms. The number of thioether (sulfide) groups is 2. The Balaban J connectivity index is 0.00000265. The topological polar surface area (TPSA) is 96.6 Å². The zero-order valence-corrected chi connectivity index (χ0v) is 21.9. The number of carboxylic acids is 1. The van der Waals surface area contributed by atoms with E-state index in [0.717, 1.165) is 21.6 Å². The standard InChI is InChI=1S/C21H24N2O5S3.C2H6/c1-27-22-15-6-4-14(5-7-15)18-9-8-16(28-18)12-19(31-3)20(24)23(13-29)17(21(25)26)10-11-30-2;1-2/h4-9,12-13,17,22H,10-11H2,1-3H3,(H,25,26);1-2H3/p+1/b19-12+;. The molecule has 0 aliphatic carbocycles. The van der Waals surface area contributed by atoms with Crippen LogP contribution in [-0.2, 0) is 14.4 Å². The fourth-order valence-electron chi connectivity index (χ4n) is 2.79. The van der Waals surface area contributed by atoms with E-state index in [0.29, 0.717) is 28.6 Å². The third-order valence-electron chi connectivity index (χ3n) is 4.34. The van der Waals surface area contributed by atoms with E-state index in [-0.39, 0.29) is 0 Å². The van der Waals surface area contributed by atoms with Crippen molar-refractivity contribution in [1.29, 1.82) is 0 Å². The molecule has 0 aliphatic rings. The summed E-state index contributed by atoms with van der Waals surface area (Å²) in [5.74, 6) is 0.190. The van der Waals surface area contributed by atoms with Gasteiger partial charge >= 0.3 is 5.97 Å². The fraction of sp³-hybridized carbons (Fsp3) is 0.348. The van der Waals surface area contributed by atoms with Crippen LogP contribution in [0.4, 0.5) is 5.69 Å². The van der Waals surface area contributed by atoms with Gasteiger partial charge < -0.3 is 9.52 Å². The van der Waals surface area contributed by atoms with Crippen molar-refractivity contribution < 1.29 is 29.4 Å². The van der Waals surface area contributed by atoms with Crippen molar-refractivity contribution in [3.63, 3.8) is 0 Å². The first-order valence-corrected chi connectivity index (χ1v) is 13.4. The summed E-state index contributed by atoms with van der Waals surface area (Å²) in [6, 6.07) is 10.2. The Hall–Kier alpha value is -2.11. The molecule has 7 nitrogen and oxygen atoms in total. The van der Waals surface area contributed by atoms with E-state index in [9.17, 15) is 14.7 Å². The number of benzene rings is 1. The highest BCUT2D eigenvalue weighted by atomic mass is 32.2. The molecule has 180 valence electrons. The summed E-state index contributed by atoms with van der Waals surface area (Å²) in [7, 11) is 1.59. The van der Waals surface area contributed by atoms with Crippen molar-refractivity contribution in [2.45, 2.75) is 26.3 Å². The monoisotopic (exact) mass is 511 g/mol. The molecule has 1 heterocycles. The smallest absolute Gasteiger partial charge is 0.326 e. The first-order chi connectivity index (χ1) is 15.9. The molecule has 0 radical (unpaired) electrons. The van der Waals surface area contributed by atoms with Gasteiger partial charge in [0.2, 0.25) is 0 Å². The number of hydrogen-bond donors (Lipinski definition) is 2. The van der Waals surface area contributed by atoms with Crippen LogP contribution in [0.5, 0.6) is 0 Å². The van der Waals surface area contributed by atoms with Crippen molar-refractivity contribution in [2.24, 2.45) is 0 Å². The third kappa shape index (κ3) is 8.63. The summed E-state index contributed by atoms with van der Waals surface area (Å²) in [6.07, 6.45) is 5.53. The highest BCUT2D eigenvalue weighted by molar-refractivity contribution is 8.03. The summed E-state index contributed by atoms with van der Waals surface area (Å²) >= 11 is 7.69. The number of aliphatic carboxylic acids is 1. The van der Waals surface area contributed by atoms with Gasteiger partial charge in [0.15, 0.2) is 5.69 Å². The Labute approximate surface area is 208 Å². The van der Waals surface area contributed by atoms with Crippen LogP contribution in [0.15, 0.2) is 45.7 Å². The number of carbonyl (C=O) groups excluding carboxylic acids is 1. The van der Waals surface area contributed by atoms with Gasteiger partial charge in [-0.2, -0.15) is 17.2 Å². The fourth-order valence-corrected chi connectivity index (χ4v) is 4.00. The van der Waals surface area contributed by atoms with E-state index in [4.69, 9.17) is 21.5 Å². The Kier molecular flexibility index (Phi) is 13.7. The third-order valence-corrected chi connectivity index (χ3v) is 5.95. The van der Waals surface area contributed by atoms with Crippen LogP contribution in [0.2, 0.25) is 0 Å². The summed E-state index contributed by atoms with van der Waals surface area (Å²) in [4.78, 5) is 31.1. The molecule has 33 heavy (non-hydrogen) atoms. The summed E-state index contributed by atoms with van der Waals surface area (Å²) in [5, 5.41) is 9.55. The number of nitrogens with two attached hydrogens (primary N) is 1. The second-order valence-electron chi connectivity index (χ2n) is 6.34. The SMILES string of the molecule is CC.CO[NH2+]c1ccc(-c2ccc(/C=C(/SC)C(=O)N(C=S)C(CCSC)C(=O)O)o2)cc1. The molecule has 1 amide bonds. The van der Waals surface area contributed by atoms with Gasteiger partial charge in [-0.3, -0.25) is 9.69 Å². The van der Waals surface area contributed by atoms with Crippen LogP contribution in [0.25, 0.3) is 17.4 Å². The molecule has 2 rings (SSSR count). The van der Waals surface area contributed by atoms with Crippen LogP contribution >= 0.6 is 35.7 Å². The molecule has 0 spiro atoms. The Morgan fingerprint density at radius 1 is 1.21 bits per heavy atom. The minimum atomic E-state index is -1.08. The van der Waals surface area contributed by atoms with E-state index in [1.54, 1.807) is 31.0 Å². The molecule has 1 unspecified atom stereocenters. The van der Waals surface area contributed by atoms with Gasteiger partial charge in [0.05, 0.1) is 17.5 Å². The maximum Gasteiger partial charge on any atom is 0.326 e. The molecule has 0 saturated carbocycles. The van der Waals surface area contributed by atoms with Crippen LogP contribution in [0.3, 0.4) is 0 Å². The predicted molar refractivity (Wildman–Crippen MR) is 141 cm³/mol. The number of carbonyl (C=O) groups is 2. The summed E-state index contributed by atoms with van der Waals surface area (Å²) < 4.78 is 5.88. The van der Waals surface area contributed by atoms with Crippen molar-refractivity contribution in [3.05, 3.63) is 47.1 Å². The van der Waals surface area contributed by atoms with Crippen LogP contribution in [-0.4, -0.2) is 58.8 Å². The first-order valence-electron chi connectivity index (χ1n) is 10.3. The minimum Gasteiger partial charge on any atom is -0.480 e. The Morgan fingerprint density at radius 3 is 2.39 bits per heavy atom. The molecular formula is C23H31N2O5S3+. The van der Waals surface area contributed by atoms with E-state index in [2.05, 4.69) is 0 Å². The van der Waals surface area contributed by atoms with Gasteiger partial charge in [-0.05, 0) is 55.0 Å². The zero-order valence-electron chi connectivity index (χ0n) is 19.4. The van der Waals surface area contributed by atoms with Gasteiger partial charge in [0.1, 0.15) is 17.6 Å². The van der Waals surface area contributed by atoms with Gasteiger partial charge in [0, 0.05) is 17.7 Å².